The molecule has 0 atom stereocenters. The molecule has 142 valence electrons. The van der Waals surface area contributed by atoms with Gasteiger partial charge in [0.05, 0.1) is 12.8 Å². The Labute approximate surface area is 158 Å². The maximum Gasteiger partial charge on any atom is 0.381 e. The van der Waals surface area contributed by atoms with Gasteiger partial charge in [0.2, 0.25) is 16.0 Å². The molecule has 27 heavy (non-hydrogen) atoms. The van der Waals surface area contributed by atoms with E-state index in [1.165, 1.54) is 13.2 Å². The number of hydrogen-bond donors (Lipinski definition) is 2. The molecule has 1 amide bonds. The standard InChI is InChI=1S/C16H18N6O4S/c1-8(2)18-10-7-11(26-14(24)12(10)25-4)13(23)19-15-20-21-16(27-15)22-9(3)5-6-17-22/h5-8,18H,1-4H3,(H,19,20,23). The Morgan fingerprint density at radius 3 is 2.78 bits per heavy atom. The van der Waals surface area contributed by atoms with Crippen LogP contribution in [0.4, 0.5) is 10.8 Å². The van der Waals surface area contributed by atoms with E-state index in [0.29, 0.717) is 10.8 Å². The third-order valence-corrected chi connectivity index (χ3v) is 4.24. The lowest BCUT2D eigenvalue weighted by molar-refractivity contribution is 0.0991. The molecule has 0 unspecified atom stereocenters. The van der Waals surface area contributed by atoms with Crippen molar-refractivity contribution in [1.29, 1.82) is 0 Å². The maximum absolute atomic E-state index is 12.5. The van der Waals surface area contributed by atoms with Crippen LogP contribution in [-0.4, -0.2) is 39.0 Å². The molecule has 3 aromatic heterocycles. The SMILES string of the molecule is COc1c(NC(C)C)cc(C(=O)Nc2nnc(-n3nccc3C)s2)oc1=O. The summed E-state index contributed by atoms with van der Waals surface area (Å²) < 4.78 is 11.7. The zero-order valence-corrected chi connectivity index (χ0v) is 16.0. The van der Waals surface area contributed by atoms with E-state index in [0.717, 1.165) is 17.0 Å². The van der Waals surface area contributed by atoms with Gasteiger partial charge >= 0.3 is 5.63 Å². The fourth-order valence-corrected chi connectivity index (χ4v) is 3.04. The number of methoxy groups -OCH3 is 1. The predicted molar refractivity (Wildman–Crippen MR) is 100 cm³/mol. The molecule has 0 spiro atoms. The Kier molecular flexibility index (Phi) is 5.21. The summed E-state index contributed by atoms with van der Waals surface area (Å²) in [5.41, 5.74) is 0.506. The molecule has 0 radical (unpaired) electrons. The van der Waals surface area contributed by atoms with Crippen LogP contribution in [0.15, 0.2) is 27.5 Å². The topological polar surface area (TPSA) is 124 Å². The van der Waals surface area contributed by atoms with Gasteiger partial charge in [0.25, 0.3) is 5.91 Å². The highest BCUT2D eigenvalue weighted by atomic mass is 32.1. The van der Waals surface area contributed by atoms with Crippen LogP contribution in [0, 0.1) is 6.92 Å². The van der Waals surface area contributed by atoms with Crippen LogP contribution in [0.3, 0.4) is 0 Å². The quantitative estimate of drug-likeness (QED) is 0.655. The van der Waals surface area contributed by atoms with Gasteiger partial charge in [-0.3, -0.25) is 10.1 Å². The Morgan fingerprint density at radius 2 is 2.15 bits per heavy atom. The van der Waals surface area contributed by atoms with Gasteiger partial charge in [0.1, 0.15) is 0 Å². The van der Waals surface area contributed by atoms with Gasteiger partial charge in [-0.05, 0) is 26.8 Å². The van der Waals surface area contributed by atoms with Crippen molar-refractivity contribution in [3.63, 3.8) is 0 Å². The number of hydrogen-bond acceptors (Lipinski definition) is 9. The molecule has 3 rings (SSSR count). The van der Waals surface area contributed by atoms with E-state index in [4.69, 9.17) is 9.15 Å². The second-order valence-corrected chi connectivity index (χ2v) is 6.83. The minimum atomic E-state index is -0.751. The van der Waals surface area contributed by atoms with E-state index < -0.39 is 11.5 Å². The smallest absolute Gasteiger partial charge is 0.381 e. The van der Waals surface area contributed by atoms with Crippen molar-refractivity contribution in [1.82, 2.24) is 20.0 Å². The summed E-state index contributed by atoms with van der Waals surface area (Å²) >= 11 is 1.14. The molecule has 3 heterocycles. The first kappa shape index (κ1) is 18.6. The summed E-state index contributed by atoms with van der Waals surface area (Å²) in [6, 6.07) is 3.27. The first-order chi connectivity index (χ1) is 12.9. The molecule has 0 aromatic carbocycles. The van der Waals surface area contributed by atoms with Gasteiger partial charge in [-0.25, -0.2) is 9.48 Å². The highest BCUT2D eigenvalue weighted by Crippen LogP contribution is 2.24. The summed E-state index contributed by atoms with van der Waals surface area (Å²) in [5, 5.41) is 18.4. The van der Waals surface area contributed by atoms with Gasteiger partial charge in [-0.2, -0.15) is 5.10 Å². The predicted octanol–water partition coefficient (Wildman–Crippen LogP) is 2.07. The monoisotopic (exact) mass is 390 g/mol. The van der Waals surface area contributed by atoms with E-state index in [2.05, 4.69) is 25.9 Å². The van der Waals surface area contributed by atoms with E-state index in [-0.39, 0.29) is 22.7 Å². The van der Waals surface area contributed by atoms with Crippen LogP contribution in [0.2, 0.25) is 0 Å². The lowest BCUT2D eigenvalue weighted by Gasteiger charge is -2.13. The van der Waals surface area contributed by atoms with Crippen LogP contribution in [0.25, 0.3) is 5.13 Å². The largest absolute Gasteiger partial charge is 0.488 e. The molecule has 0 saturated heterocycles. The maximum atomic E-state index is 12.5. The third kappa shape index (κ3) is 3.97. The molecule has 0 saturated carbocycles. The Morgan fingerprint density at radius 1 is 1.37 bits per heavy atom. The highest BCUT2D eigenvalue weighted by molar-refractivity contribution is 7.17. The van der Waals surface area contributed by atoms with Gasteiger partial charge in [-0.15, -0.1) is 10.2 Å². The lowest BCUT2D eigenvalue weighted by atomic mass is 10.2. The molecule has 0 fully saturated rings. The molecular formula is C16H18N6O4S. The van der Waals surface area contributed by atoms with E-state index in [1.807, 2.05) is 26.8 Å². The number of anilines is 2. The molecular weight excluding hydrogens is 372 g/mol. The number of ether oxygens (including phenoxy) is 1. The van der Waals surface area contributed by atoms with Crippen LogP contribution in [0.1, 0.15) is 30.1 Å². The number of rotatable bonds is 6. The molecule has 0 bridgehead atoms. The zero-order chi connectivity index (χ0) is 19.6. The average Bonchev–Trinajstić information content (AvgIpc) is 3.22. The summed E-state index contributed by atoms with van der Waals surface area (Å²) in [4.78, 5) is 24.5. The molecule has 0 aliphatic carbocycles. The first-order valence-electron chi connectivity index (χ1n) is 8.03. The van der Waals surface area contributed by atoms with Crippen molar-refractivity contribution in [3.05, 3.63) is 40.2 Å². The fourth-order valence-electron chi connectivity index (χ4n) is 2.29. The second kappa shape index (κ2) is 7.58. The number of carbonyl (C=O) groups is 1. The highest BCUT2D eigenvalue weighted by Gasteiger charge is 2.19. The Hall–Kier alpha value is -3.21. The average molecular weight is 390 g/mol. The van der Waals surface area contributed by atoms with Gasteiger partial charge in [0, 0.05) is 24.0 Å². The molecule has 11 heteroatoms. The molecule has 0 aliphatic heterocycles. The number of nitrogens with one attached hydrogen (secondary N) is 2. The van der Waals surface area contributed by atoms with Crippen LogP contribution in [0.5, 0.6) is 5.75 Å². The lowest BCUT2D eigenvalue weighted by Crippen LogP contribution is -2.19. The second-order valence-electron chi connectivity index (χ2n) is 5.87. The summed E-state index contributed by atoms with van der Waals surface area (Å²) in [5.74, 6) is -0.787. The minimum Gasteiger partial charge on any atom is -0.488 e. The van der Waals surface area contributed by atoms with Crippen LogP contribution >= 0.6 is 11.3 Å². The number of carbonyl (C=O) groups excluding carboxylic acids is 1. The molecule has 0 aliphatic rings. The zero-order valence-electron chi connectivity index (χ0n) is 15.1. The van der Waals surface area contributed by atoms with E-state index in [1.54, 1.807) is 10.9 Å². The van der Waals surface area contributed by atoms with Crippen molar-refractivity contribution in [2.45, 2.75) is 26.8 Å². The van der Waals surface area contributed by atoms with Crippen molar-refractivity contribution in [3.8, 4) is 10.9 Å². The van der Waals surface area contributed by atoms with Crippen molar-refractivity contribution < 1.29 is 13.9 Å². The normalized spacial score (nSPS) is 10.9. The number of amides is 1. The van der Waals surface area contributed by atoms with Gasteiger partial charge in [0.15, 0.2) is 5.76 Å². The number of aromatic nitrogens is 4. The Bertz CT molecular complexity index is 1020. The minimum absolute atomic E-state index is 0.00705. The van der Waals surface area contributed by atoms with Crippen molar-refractivity contribution in [2.24, 2.45) is 0 Å². The molecule has 10 nitrogen and oxygen atoms in total. The first-order valence-corrected chi connectivity index (χ1v) is 8.85. The Balaban J connectivity index is 1.84. The van der Waals surface area contributed by atoms with E-state index >= 15 is 0 Å². The van der Waals surface area contributed by atoms with Gasteiger partial charge in [-0.1, -0.05) is 11.3 Å². The third-order valence-electron chi connectivity index (χ3n) is 3.43. The summed E-state index contributed by atoms with van der Waals surface area (Å²) in [6.07, 6.45) is 1.64. The summed E-state index contributed by atoms with van der Waals surface area (Å²) in [6.45, 7) is 5.67. The summed E-state index contributed by atoms with van der Waals surface area (Å²) in [7, 11) is 1.36. The number of nitrogens with zero attached hydrogens (tertiary/aromatic N) is 4. The number of aryl methyl sites for hydroxylation is 1. The van der Waals surface area contributed by atoms with Gasteiger partial charge < -0.3 is 14.5 Å². The van der Waals surface area contributed by atoms with Crippen molar-refractivity contribution in [2.75, 3.05) is 17.7 Å². The molecule has 2 N–H and O–H groups in total. The van der Waals surface area contributed by atoms with Crippen molar-refractivity contribution >= 4 is 28.1 Å². The van der Waals surface area contributed by atoms with E-state index in [9.17, 15) is 9.59 Å². The van der Waals surface area contributed by atoms with Crippen LogP contribution in [-0.2, 0) is 0 Å². The van der Waals surface area contributed by atoms with Crippen LogP contribution < -0.4 is 21.0 Å². The fraction of sp³-hybridized carbons (Fsp3) is 0.312. The molecule has 3 aromatic rings.